The predicted molar refractivity (Wildman–Crippen MR) is 200 cm³/mol. The van der Waals surface area contributed by atoms with E-state index in [1.807, 2.05) is 51.1 Å². The molecule has 1 aliphatic rings. The molecular weight excluding hydrogens is 707 g/mol. The van der Waals surface area contributed by atoms with E-state index in [-0.39, 0.29) is 25.1 Å². The van der Waals surface area contributed by atoms with Crippen LogP contribution >= 0.6 is 23.2 Å². The maximum atomic E-state index is 13.6. The van der Waals surface area contributed by atoms with Crippen LogP contribution in [0.25, 0.3) is 33.6 Å². The van der Waals surface area contributed by atoms with Crippen molar-refractivity contribution in [3.8, 4) is 45.3 Å². The molecule has 4 aromatic rings. The van der Waals surface area contributed by atoms with Crippen LogP contribution in [0.15, 0.2) is 60.8 Å². The lowest BCUT2D eigenvalue weighted by molar-refractivity contribution is -0.136. The molecule has 0 spiro atoms. The minimum absolute atomic E-state index is 0.0205. The van der Waals surface area contributed by atoms with Gasteiger partial charge in [0.1, 0.15) is 18.0 Å². The highest BCUT2D eigenvalue weighted by Crippen LogP contribution is 2.42. The number of nitrogens with zero attached hydrogens (tertiary/aromatic N) is 4. The van der Waals surface area contributed by atoms with E-state index in [1.54, 1.807) is 40.3 Å². The van der Waals surface area contributed by atoms with Crippen LogP contribution in [0.5, 0.6) is 11.6 Å². The molecule has 1 saturated heterocycles. The lowest BCUT2D eigenvalue weighted by Crippen LogP contribution is -2.50. The van der Waals surface area contributed by atoms with Crippen molar-refractivity contribution in [3.63, 3.8) is 0 Å². The van der Waals surface area contributed by atoms with Gasteiger partial charge in [-0.2, -0.15) is 0 Å². The van der Waals surface area contributed by atoms with E-state index in [9.17, 15) is 14.4 Å². The summed E-state index contributed by atoms with van der Waals surface area (Å²) in [5.74, 6) is 0.664. The maximum Gasteiger partial charge on any atom is 0.410 e. The number of hydrogen-bond acceptors (Lipinski definition) is 9. The van der Waals surface area contributed by atoms with Gasteiger partial charge in [-0.3, -0.25) is 14.6 Å². The summed E-state index contributed by atoms with van der Waals surface area (Å²) in [4.78, 5) is 50.2. The highest BCUT2D eigenvalue weighted by Gasteiger charge is 2.33. The van der Waals surface area contributed by atoms with E-state index >= 15 is 0 Å². The molecule has 1 aliphatic heterocycles. The average Bonchev–Trinajstić information content (AvgIpc) is 3.13. The van der Waals surface area contributed by atoms with Crippen molar-refractivity contribution in [1.29, 1.82) is 0 Å². The van der Waals surface area contributed by atoms with Gasteiger partial charge in [-0.1, -0.05) is 47.5 Å². The Hall–Kier alpha value is -4.71. The molecule has 0 aliphatic carbocycles. The van der Waals surface area contributed by atoms with Crippen molar-refractivity contribution in [2.45, 2.75) is 51.8 Å². The van der Waals surface area contributed by atoms with Gasteiger partial charge < -0.3 is 28.7 Å². The first-order valence-corrected chi connectivity index (χ1v) is 17.5. The molecule has 52 heavy (non-hydrogen) atoms. The lowest BCUT2D eigenvalue weighted by Gasteiger charge is -2.39. The number of rotatable bonds is 11. The van der Waals surface area contributed by atoms with Crippen LogP contribution in [0.3, 0.4) is 0 Å². The van der Waals surface area contributed by atoms with Crippen LogP contribution in [0.4, 0.5) is 4.79 Å². The van der Waals surface area contributed by atoms with Crippen molar-refractivity contribution in [2.24, 2.45) is 0 Å². The summed E-state index contributed by atoms with van der Waals surface area (Å²) in [5, 5.41) is 0.794. The number of piperidine rings is 1. The number of likely N-dealkylation sites (tertiary alicyclic amines) is 1. The summed E-state index contributed by atoms with van der Waals surface area (Å²) in [5.41, 5.74) is 4.09. The Morgan fingerprint density at radius 3 is 2.31 bits per heavy atom. The fraction of sp³-hybridized carbons (Fsp3) is 0.359. The van der Waals surface area contributed by atoms with Gasteiger partial charge >= 0.3 is 6.09 Å². The third kappa shape index (κ3) is 8.66. The summed E-state index contributed by atoms with van der Waals surface area (Å²) >= 11 is 14.1. The van der Waals surface area contributed by atoms with E-state index in [0.29, 0.717) is 92.4 Å². The number of ether oxygens (including phenoxy) is 4. The van der Waals surface area contributed by atoms with Gasteiger partial charge in [0.2, 0.25) is 11.8 Å². The topological polar surface area (TPSA) is 120 Å². The van der Waals surface area contributed by atoms with E-state index in [4.69, 9.17) is 47.1 Å². The van der Waals surface area contributed by atoms with E-state index in [1.165, 1.54) is 21.3 Å². The van der Waals surface area contributed by atoms with Crippen LogP contribution in [0, 0.1) is 0 Å². The zero-order valence-corrected chi connectivity index (χ0v) is 31.6. The van der Waals surface area contributed by atoms with E-state index < -0.39 is 11.7 Å². The second-order valence-corrected chi connectivity index (χ2v) is 14.0. The smallest absolute Gasteiger partial charge is 0.410 e. The molecule has 0 radical (unpaired) electrons. The van der Waals surface area contributed by atoms with Gasteiger partial charge in [0.15, 0.2) is 6.29 Å². The molecule has 0 N–H and O–H groups in total. The summed E-state index contributed by atoms with van der Waals surface area (Å²) in [7, 11) is 4.52. The van der Waals surface area contributed by atoms with E-state index in [0.717, 1.165) is 6.29 Å². The highest BCUT2D eigenvalue weighted by atomic mass is 35.5. The number of benzene rings is 2. The second-order valence-electron chi connectivity index (χ2n) is 13.3. The Labute approximate surface area is 313 Å². The number of methoxy groups -OCH3 is 3. The monoisotopic (exact) mass is 748 g/mol. The van der Waals surface area contributed by atoms with Gasteiger partial charge in [0, 0.05) is 60.3 Å². The number of halogens is 2. The third-order valence-corrected chi connectivity index (χ3v) is 9.50. The fourth-order valence-corrected chi connectivity index (χ4v) is 6.80. The van der Waals surface area contributed by atoms with Gasteiger partial charge in [-0.15, -0.1) is 0 Å². The standard InChI is InChI=1S/C39H42Cl2N4O7/c1-39(2,3)52-38(48)45(27-15-18-44(19-16-27)33(47)23-49-4)21-25-12-13-31(43-37(25)51-6)30-9-7-8-28(34(30)40)29-14-17-42-36(35(29)41)24-10-11-26(22-46)32(20-24)50-5/h7-14,17,20,22,27H,15-16,18-19,21,23H2,1-6H3. The largest absolute Gasteiger partial charge is 0.496 e. The summed E-state index contributed by atoms with van der Waals surface area (Å²) < 4.78 is 22.0. The Bertz CT molecular complexity index is 1940. The van der Waals surface area contributed by atoms with Crippen molar-refractivity contribution >= 4 is 41.5 Å². The molecule has 0 atom stereocenters. The molecule has 11 nitrogen and oxygen atoms in total. The van der Waals surface area contributed by atoms with Crippen molar-refractivity contribution < 1.29 is 33.3 Å². The first-order chi connectivity index (χ1) is 24.9. The van der Waals surface area contributed by atoms with Crippen LogP contribution in [-0.4, -0.2) is 90.7 Å². The minimum Gasteiger partial charge on any atom is -0.496 e. The zero-order valence-electron chi connectivity index (χ0n) is 30.1. The molecule has 3 heterocycles. The first kappa shape index (κ1) is 38.5. The Morgan fingerprint density at radius 2 is 1.65 bits per heavy atom. The normalized spacial score (nSPS) is 13.4. The summed E-state index contributed by atoms with van der Waals surface area (Å²) in [6.45, 7) is 6.68. The van der Waals surface area contributed by atoms with Gasteiger partial charge in [0.25, 0.3) is 0 Å². The second kappa shape index (κ2) is 16.8. The Kier molecular flexibility index (Phi) is 12.4. The molecule has 2 aromatic carbocycles. The number of carbonyl (C=O) groups excluding carboxylic acids is 3. The number of hydrogen-bond donors (Lipinski definition) is 0. The molecule has 0 unspecified atom stereocenters. The molecule has 0 bridgehead atoms. The molecule has 13 heteroatoms. The number of aromatic nitrogens is 2. The molecule has 2 amide bonds. The first-order valence-electron chi connectivity index (χ1n) is 16.8. The van der Waals surface area contributed by atoms with Crippen LogP contribution in [0.1, 0.15) is 49.5 Å². The molecular formula is C39H42Cl2N4O7. The Balaban J connectivity index is 1.45. The number of amides is 2. The van der Waals surface area contributed by atoms with Gasteiger partial charge in [-0.05, 0) is 63.9 Å². The van der Waals surface area contributed by atoms with Crippen LogP contribution in [-0.2, 0) is 20.8 Å². The molecule has 1 fully saturated rings. The maximum absolute atomic E-state index is 13.6. The fourth-order valence-electron chi connectivity index (χ4n) is 6.15. The number of aldehydes is 1. The highest BCUT2D eigenvalue weighted by molar-refractivity contribution is 6.39. The van der Waals surface area contributed by atoms with Crippen molar-refractivity contribution in [3.05, 3.63) is 82.0 Å². The van der Waals surface area contributed by atoms with Gasteiger partial charge in [0.05, 0.1) is 47.8 Å². The Morgan fingerprint density at radius 1 is 0.942 bits per heavy atom. The third-order valence-electron chi connectivity index (χ3n) is 8.71. The van der Waals surface area contributed by atoms with Gasteiger partial charge in [-0.25, -0.2) is 9.78 Å². The van der Waals surface area contributed by atoms with Crippen LogP contribution < -0.4 is 9.47 Å². The lowest BCUT2D eigenvalue weighted by atomic mass is 9.99. The SMILES string of the molecule is COCC(=O)N1CCC(N(Cc2ccc(-c3cccc(-c4ccnc(-c5ccc(C=O)c(OC)c5)c4Cl)c3Cl)nc2OC)C(=O)OC(C)(C)C)CC1. The molecule has 5 rings (SSSR count). The summed E-state index contributed by atoms with van der Waals surface area (Å²) in [6, 6.07) is 16.0. The minimum atomic E-state index is -0.704. The average molecular weight is 750 g/mol. The molecule has 2 aromatic heterocycles. The van der Waals surface area contributed by atoms with Crippen molar-refractivity contribution in [1.82, 2.24) is 19.8 Å². The predicted octanol–water partition coefficient (Wildman–Crippen LogP) is 7.99. The molecule has 274 valence electrons. The number of carbonyl (C=O) groups is 3. The van der Waals surface area contributed by atoms with E-state index in [2.05, 4.69) is 4.98 Å². The quantitative estimate of drug-likeness (QED) is 0.141. The molecule has 0 saturated carbocycles. The van der Waals surface area contributed by atoms with Crippen LogP contribution in [0.2, 0.25) is 10.0 Å². The summed E-state index contributed by atoms with van der Waals surface area (Å²) in [6.07, 6.45) is 3.09. The van der Waals surface area contributed by atoms with Crippen molar-refractivity contribution in [2.75, 3.05) is 41.0 Å². The zero-order chi connectivity index (χ0) is 37.6. The number of pyridine rings is 2.